The van der Waals surface area contributed by atoms with Gasteiger partial charge in [-0.15, -0.1) is 0 Å². The first-order valence-electron chi connectivity index (χ1n) is 10.8. The van der Waals surface area contributed by atoms with E-state index < -0.39 is 28.3 Å². The third kappa shape index (κ3) is 7.88. The zero-order valence-electron chi connectivity index (χ0n) is 19.1. The van der Waals surface area contributed by atoms with Gasteiger partial charge in [-0.1, -0.05) is 23.7 Å². The molecule has 0 aromatic heterocycles. The standard InChI is InChI=1S/C25H26ClFN2O4S2/c1-33-23-10-12-24(13-11-23)35(31,32)29(22-8-6-21(27)7-9-22)17-25(30)28-14-3-15-34-18-19-4-2-5-20(26)16-19/h2,4-13,16H,3,14-15,17-18H2,1H3,(H,28,30). The van der Waals surface area contributed by atoms with Crippen molar-refractivity contribution >= 4 is 45.0 Å². The van der Waals surface area contributed by atoms with Gasteiger partial charge in [-0.25, -0.2) is 12.8 Å². The van der Waals surface area contributed by atoms with Crippen molar-refractivity contribution in [1.82, 2.24) is 5.32 Å². The van der Waals surface area contributed by atoms with Crippen LogP contribution in [0.2, 0.25) is 5.02 Å². The molecular formula is C25H26ClFN2O4S2. The van der Waals surface area contributed by atoms with Crippen molar-refractivity contribution in [3.8, 4) is 5.75 Å². The van der Waals surface area contributed by atoms with Crippen LogP contribution in [0.3, 0.4) is 0 Å². The summed E-state index contributed by atoms with van der Waals surface area (Å²) < 4.78 is 46.1. The monoisotopic (exact) mass is 536 g/mol. The number of nitrogens with one attached hydrogen (secondary N) is 1. The molecule has 3 rings (SSSR count). The molecule has 186 valence electrons. The zero-order chi connectivity index (χ0) is 25.3. The average molecular weight is 537 g/mol. The van der Waals surface area contributed by atoms with Crippen molar-refractivity contribution in [2.75, 3.05) is 30.3 Å². The van der Waals surface area contributed by atoms with E-state index in [1.807, 2.05) is 24.3 Å². The van der Waals surface area contributed by atoms with E-state index in [2.05, 4.69) is 5.32 Å². The maximum atomic E-state index is 13.4. The van der Waals surface area contributed by atoms with E-state index in [1.54, 1.807) is 11.8 Å². The summed E-state index contributed by atoms with van der Waals surface area (Å²) in [6.45, 7) is -0.0309. The Morgan fingerprint density at radius 2 is 1.80 bits per heavy atom. The molecule has 0 heterocycles. The lowest BCUT2D eigenvalue weighted by Crippen LogP contribution is -2.41. The highest BCUT2D eigenvalue weighted by atomic mass is 35.5. The van der Waals surface area contributed by atoms with Crippen LogP contribution >= 0.6 is 23.4 Å². The zero-order valence-corrected chi connectivity index (χ0v) is 21.5. The number of sulfonamides is 1. The van der Waals surface area contributed by atoms with Crippen molar-refractivity contribution in [2.24, 2.45) is 0 Å². The number of methoxy groups -OCH3 is 1. The number of halogens is 2. The van der Waals surface area contributed by atoms with Crippen LogP contribution in [0.5, 0.6) is 5.75 Å². The first kappa shape index (κ1) is 26.8. The molecule has 1 N–H and O–H groups in total. The molecule has 1 amide bonds. The molecule has 0 saturated heterocycles. The van der Waals surface area contributed by atoms with Crippen LogP contribution in [0.4, 0.5) is 10.1 Å². The number of carbonyl (C=O) groups is 1. The fraction of sp³-hybridized carbons (Fsp3) is 0.240. The fourth-order valence-electron chi connectivity index (χ4n) is 3.20. The topological polar surface area (TPSA) is 75.7 Å². The van der Waals surface area contributed by atoms with Gasteiger partial charge in [-0.05, 0) is 78.4 Å². The molecule has 0 unspecified atom stereocenters. The number of rotatable bonds is 12. The van der Waals surface area contributed by atoms with Gasteiger partial charge in [0.15, 0.2) is 0 Å². The van der Waals surface area contributed by atoms with Crippen LogP contribution in [0.15, 0.2) is 77.7 Å². The summed E-state index contributed by atoms with van der Waals surface area (Å²) in [7, 11) is -2.60. The number of hydrogen-bond acceptors (Lipinski definition) is 5. The molecule has 0 aliphatic carbocycles. The molecule has 6 nitrogen and oxygen atoms in total. The number of benzene rings is 3. The summed E-state index contributed by atoms with van der Waals surface area (Å²) in [4.78, 5) is 12.6. The van der Waals surface area contributed by atoms with Gasteiger partial charge in [0, 0.05) is 17.3 Å². The van der Waals surface area contributed by atoms with E-state index in [9.17, 15) is 17.6 Å². The van der Waals surface area contributed by atoms with Gasteiger partial charge in [-0.2, -0.15) is 11.8 Å². The molecule has 10 heteroatoms. The second kappa shape index (κ2) is 12.8. The highest BCUT2D eigenvalue weighted by molar-refractivity contribution is 7.98. The third-order valence-electron chi connectivity index (χ3n) is 4.99. The van der Waals surface area contributed by atoms with Crippen molar-refractivity contribution in [3.05, 3.63) is 89.2 Å². The highest BCUT2D eigenvalue weighted by Gasteiger charge is 2.27. The lowest BCUT2D eigenvalue weighted by Gasteiger charge is -2.24. The van der Waals surface area contributed by atoms with Crippen LogP contribution in [-0.4, -0.2) is 40.3 Å². The number of nitrogens with zero attached hydrogens (tertiary/aromatic N) is 1. The maximum Gasteiger partial charge on any atom is 0.264 e. The Labute approximate surface area is 214 Å². The number of anilines is 1. The Bertz CT molecular complexity index is 1220. The second-order valence-electron chi connectivity index (χ2n) is 7.55. The van der Waals surface area contributed by atoms with Crippen molar-refractivity contribution in [1.29, 1.82) is 0 Å². The van der Waals surface area contributed by atoms with Crippen LogP contribution in [0.25, 0.3) is 0 Å². The Kier molecular flexibility index (Phi) is 9.83. The summed E-state index contributed by atoms with van der Waals surface area (Å²) >= 11 is 7.71. The number of thioether (sulfide) groups is 1. The van der Waals surface area contributed by atoms with Crippen molar-refractivity contribution in [3.63, 3.8) is 0 Å². The Hall–Kier alpha value is -2.75. The van der Waals surface area contributed by atoms with Crippen LogP contribution < -0.4 is 14.4 Å². The molecule has 0 saturated carbocycles. The van der Waals surface area contributed by atoms with E-state index in [4.69, 9.17) is 16.3 Å². The molecule has 0 bridgehead atoms. The summed E-state index contributed by atoms with van der Waals surface area (Å²) in [5.41, 5.74) is 1.32. The SMILES string of the molecule is COc1ccc(S(=O)(=O)N(CC(=O)NCCCSCc2cccc(Cl)c2)c2ccc(F)cc2)cc1. The van der Waals surface area contributed by atoms with E-state index >= 15 is 0 Å². The number of hydrogen-bond donors (Lipinski definition) is 1. The van der Waals surface area contributed by atoms with Gasteiger partial charge in [0.25, 0.3) is 10.0 Å². The predicted molar refractivity (Wildman–Crippen MR) is 139 cm³/mol. The maximum absolute atomic E-state index is 13.4. The minimum absolute atomic E-state index is 0.00663. The second-order valence-corrected chi connectivity index (χ2v) is 11.0. The summed E-state index contributed by atoms with van der Waals surface area (Å²) in [6, 6.07) is 18.5. The van der Waals surface area contributed by atoms with E-state index in [0.29, 0.717) is 17.3 Å². The van der Waals surface area contributed by atoms with Gasteiger partial charge in [0.1, 0.15) is 18.1 Å². The Morgan fingerprint density at radius 1 is 1.09 bits per heavy atom. The molecule has 3 aromatic carbocycles. The van der Waals surface area contributed by atoms with Crippen LogP contribution in [0.1, 0.15) is 12.0 Å². The summed E-state index contributed by atoms with van der Waals surface area (Å²) in [6.07, 6.45) is 0.721. The van der Waals surface area contributed by atoms with Gasteiger partial charge in [0.2, 0.25) is 5.91 Å². The molecule has 0 atom stereocenters. The number of ether oxygens (including phenoxy) is 1. The lowest BCUT2D eigenvalue weighted by molar-refractivity contribution is -0.119. The normalized spacial score (nSPS) is 11.2. The molecule has 0 radical (unpaired) electrons. The first-order chi connectivity index (χ1) is 16.8. The number of carbonyl (C=O) groups excluding carboxylic acids is 1. The predicted octanol–water partition coefficient (Wildman–Crippen LogP) is 5.12. The van der Waals surface area contributed by atoms with E-state index in [1.165, 1.54) is 43.5 Å². The van der Waals surface area contributed by atoms with E-state index in [0.717, 1.165) is 39.9 Å². The molecule has 0 fully saturated rings. The average Bonchev–Trinajstić information content (AvgIpc) is 2.85. The lowest BCUT2D eigenvalue weighted by atomic mass is 10.2. The molecule has 0 aliphatic heterocycles. The highest BCUT2D eigenvalue weighted by Crippen LogP contribution is 2.25. The van der Waals surface area contributed by atoms with Crippen molar-refractivity contribution in [2.45, 2.75) is 17.1 Å². The summed E-state index contributed by atoms with van der Waals surface area (Å²) in [5, 5.41) is 3.47. The van der Waals surface area contributed by atoms with Crippen molar-refractivity contribution < 1.29 is 22.3 Å². The number of amides is 1. The van der Waals surface area contributed by atoms with Gasteiger partial charge >= 0.3 is 0 Å². The van der Waals surface area contributed by atoms with E-state index in [-0.39, 0.29) is 10.6 Å². The third-order valence-corrected chi connectivity index (χ3v) is 8.13. The smallest absolute Gasteiger partial charge is 0.264 e. The Morgan fingerprint density at radius 3 is 2.46 bits per heavy atom. The molecule has 0 aliphatic rings. The minimum Gasteiger partial charge on any atom is -0.497 e. The largest absolute Gasteiger partial charge is 0.497 e. The first-order valence-corrected chi connectivity index (χ1v) is 13.8. The minimum atomic E-state index is -4.08. The molecule has 0 spiro atoms. The summed E-state index contributed by atoms with van der Waals surface area (Å²) in [5.74, 6) is 1.18. The molecule has 35 heavy (non-hydrogen) atoms. The van der Waals surface area contributed by atoms with Crippen LogP contribution in [0, 0.1) is 5.82 Å². The molecular weight excluding hydrogens is 511 g/mol. The van der Waals surface area contributed by atoms with Gasteiger partial charge in [-0.3, -0.25) is 9.10 Å². The molecule has 3 aromatic rings. The Balaban J connectivity index is 1.59. The van der Waals surface area contributed by atoms with Gasteiger partial charge < -0.3 is 10.1 Å². The van der Waals surface area contributed by atoms with Crippen LogP contribution in [-0.2, 0) is 20.6 Å². The fourth-order valence-corrected chi connectivity index (χ4v) is 5.74. The quantitative estimate of drug-likeness (QED) is 0.325. The van der Waals surface area contributed by atoms with Gasteiger partial charge in [0.05, 0.1) is 17.7 Å².